The summed E-state index contributed by atoms with van der Waals surface area (Å²) in [5.41, 5.74) is 3.68. The Morgan fingerprint density at radius 3 is 2.41 bits per heavy atom. The third-order valence-electron chi connectivity index (χ3n) is 8.18. The van der Waals surface area contributed by atoms with Crippen molar-refractivity contribution in [1.82, 2.24) is 25.7 Å². The number of hydrogen-bond acceptors (Lipinski definition) is 7. The Morgan fingerprint density at radius 2 is 1.76 bits per heavy atom. The van der Waals surface area contributed by atoms with Gasteiger partial charge in [0, 0.05) is 36.2 Å². The number of nitrogens with zero attached hydrogens (tertiary/aromatic N) is 4. The molecule has 3 aromatic rings. The number of rotatable bonds is 7. The van der Waals surface area contributed by atoms with Crippen LogP contribution in [0.15, 0.2) is 59.6 Å². The number of carbonyl (C=O) groups is 2. The summed E-state index contributed by atoms with van der Waals surface area (Å²) in [4.78, 5) is 32.3. The number of carbonyl (C=O) groups excluding carboxylic acids is 2. The molecular formula is C32H36N6O3. The van der Waals surface area contributed by atoms with E-state index in [1.54, 1.807) is 0 Å². The molecule has 9 heteroatoms. The summed E-state index contributed by atoms with van der Waals surface area (Å²) < 4.78 is 6.44. The van der Waals surface area contributed by atoms with Crippen LogP contribution >= 0.6 is 0 Å². The quantitative estimate of drug-likeness (QED) is 0.449. The lowest BCUT2D eigenvalue weighted by atomic mass is 9.89. The van der Waals surface area contributed by atoms with Gasteiger partial charge in [0.05, 0.1) is 11.4 Å². The van der Waals surface area contributed by atoms with Crippen LogP contribution in [0.25, 0.3) is 11.3 Å². The molecule has 1 unspecified atom stereocenters. The van der Waals surface area contributed by atoms with Gasteiger partial charge in [0.1, 0.15) is 22.9 Å². The molecule has 9 nitrogen and oxygen atoms in total. The number of amides is 2. The zero-order valence-corrected chi connectivity index (χ0v) is 23.8. The van der Waals surface area contributed by atoms with Gasteiger partial charge in [-0.05, 0) is 80.2 Å². The van der Waals surface area contributed by atoms with Crippen LogP contribution in [-0.4, -0.2) is 57.9 Å². The third kappa shape index (κ3) is 5.59. The van der Waals surface area contributed by atoms with E-state index < -0.39 is 5.54 Å². The smallest absolute Gasteiger partial charge is 0.253 e. The zero-order valence-electron chi connectivity index (χ0n) is 23.8. The van der Waals surface area contributed by atoms with Crippen molar-refractivity contribution in [2.75, 3.05) is 19.6 Å². The number of likely N-dealkylation sites (tertiary alicyclic amines) is 1. The van der Waals surface area contributed by atoms with Crippen LogP contribution in [0.1, 0.15) is 62.8 Å². The number of aliphatic imine (C=N–C) groups is 1. The minimum absolute atomic E-state index is 0.0442. The second-order valence-electron chi connectivity index (χ2n) is 11.7. The first-order valence-corrected chi connectivity index (χ1v) is 14.4. The summed E-state index contributed by atoms with van der Waals surface area (Å²) in [6.07, 6.45) is 1.92. The van der Waals surface area contributed by atoms with Crippen molar-refractivity contribution < 1.29 is 14.3 Å². The monoisotopic (exact) mass is 552 g/mol. The third-order valence-corrected chi connectivity index (χ3v) is 8.18. The Morgan fingerprint density at radius 1 is 1.00 bits per heavy atom. The Bertz CT molecular complexity index is 1480. The molecule has 4 heterocycles. The lowest BCUT2D eigenvalue weighted by Gasteiger charge is -2.28. The number of hydrogen-bond donors (Lipinski definition) is 2. The molecule has 2 saturated heterocycles. The lowest BCUT2D eigenvalue weighted by molar-refractivity contribution is -0.128. The van der Waals surface area contributed by atoms with Crippen LogP contribution < -0.4 is 15.4 Å². The van der Waals surface area contributed by atoms with Gasteiger partial charge in [0.25, 0.3) is 5.91 Å². The average molecular weight is 553 g/mol. The maximum Gasteiger partial charge on any atom is 0.253 e. The molecule has 0 radical (unpaired) electrons. The van der Waals surface area contributed by atoms with Crippen molar-refractivity contribution in [2.45, 2.75) is 58.0 Å². The van der Waals surface area contributed by atoms with Crippen molar-refractivity contribution in [3.63, 3.8) is 0 Å². The molecule has 2 aromatic carbocycles. The number of ether oxygens (including phenoxy) is 1. The molecule has 1 atom stereocenters. The molecule has 6 rings (SSSR count). The van der Waals surface area contributed by atoms with Gasteiger partial charge in [-0.25, -0.2) is 0 Å². The van der Waals surface area contributed by atoms with Crippen LogP contribution in [0.3, 0.4) is 0 Å². The average Bonchev–Trinajstić information content (AvgIpc) is 3.46. The van der Waals surface area contributed by atoms with Gasteiger partial charge in [-0.2, -0.15) is 10.2 Å². The summed E-state index contributed by atoms with van der Waals surface area (Å²) in [7, 11) is 0. The maximum absolute atomic E-state index is 12.9. The first kappa shape index (κ1) is 27.1. The van der Waals surface area contributed by atoms with Crippen molar-refractivity contribution in [3.05, 3.63) is 71.4 Å². The molecule has 1 aromatic heterocycles. The van der Waals surface area contributed by atoms with Crippen LogP contribution in [0.2, 0.25) is 0 Å². The summed E-state index contributed by atoms with van der Waals surface area (Å²) in [5.74, 6) is 2.63. The second-order valence-corrected chi connectivity index (χ2v) is 11.7. The van der Waals surface area contributed by atoms with Gasteiger partial charge in [-0.1, -0.05) is 32.9 Å². The minimum Gasteiger partial charge on any atom is -0.457 e. The van der Waals surface area contributed by atoms with Gasteiger partial charge in [-0.3, -0.25) is 14.6 Å². The van der Waals surface area contributed by atoms with Gasteiger partial charge in [-0.15, -0.1) is 0 Å². The standard InChI is InChI=1S/C32H36N6O3/c1-20(2)26-10-11-27(37-36-26)22-6-8-25(9-7-22)41-28-17-23(4-5-24(28)19-38-18-21(3)16-29(38)39)30-34-31(40)32(35-30)12-14-33-15-13-32/h4-11,17,20-21,33H,12-16,18-19H2,1-3H3,(H,34,35,40). The minimum atomic E-state index is -0.704. The summed E-state index contributed by atoms with van der Waals surface area (Å²) >= 11 is 0. The van der Waals surface area contributed by atoms with Crippen LogP contribution in [-0.2, 0) is 16.1 Å². The maximum atomic E-state index is 12.9. The summed E-state index contributed by atoms with van der Waals surface area (Å²) in [6, 6.07) is 17.6. The molecular weight excluding hydrogens is 516 g/mol. The molecule has 2 N–H and O–H groups in total. The highest BCUT2D eigenvalue weighted by atomic mass is 16.5. The molecule has 0 aliphatic carbocycles. The number of nitrogens with one attached hydrogen (secondary N) is 2. The zero-order chi connectivity index (χ0) is 28.6. The van der Waals surface area contributed by atoms with E-state index in [9.17, 15) is 9.59 Å². The Balaban J connectivity index is 1.28. The van der Waals surface area contributed by atoms with Crippen molar-refractivity contribution in [1.29, 1.82) is 0 Å². The largest absolute Gasteiger partial charge is 0.457 e. The van der Waals surface area contributed by atoms with E-state index in [1.807, 2.05) is 59.5 Å². The van der Waals surface area contributed by atoms with Gasteiger partial charge >= 0.3 is 0 Å². The van der Waals surface area contributed by atoms with E-state index in [2.05, 4.69) is 41.6 Å². The fourth-order valence-corrected chi connectivity index (χ4v) is 5.71. The van der Waals surface area contributed by atoms with Crippen molar-refractivity contribution >= 4 is 17.6 Å². The van der Waals surface area contributed by atoms with E-state index in [-0.39, 0.29) is 11.8 Å². The van der Waals surface area contributed by atoms with E-state index >= 15 is 0 Å². The topological polar surface area (TPSA) is 109 Å². The van der Waals surface area contributed by atoms with Crippen molar-refractivity contribution in [2.24, 2.45) is 10.9 Å². The number of piperidine rings is 1. The van der Waals surface area contributed by atoms with Gasteiger partial charge in [0.15, 0.2) is 0 Å². The van der Waals surface area contributed by atoms with E-state index in [1.165, 1.54) is 0 Å². The Kier molecular flexibility index (Phi) is 7.30. The molecule has 0 bridgehead atoms. The summed E-state index contributed by atoms with van der Waals surface area (Å²) in [5, 5.41) is 15.1. The van der Waals surface area contributed by atoms with E-state index in [4.69, 9.17) is 9.73 Å². The highest BCUT2D eigenvalue weighted by Crippen LogP contribution is 2.33. The highest BCUT2D eigenvalue weighted by molar-refractivity contribution is 6.15. The fourth-order valence-electron chi connectivity index (χ4n) is 5.71. The first-order valence-electron chi connectivity index (χ1n) is 14.4. The lowest BCUT2D eigenvalue weighted by Crippen LogP contribution is -2.47. The molecule has 0 saturated carbocycles. The number of aromatic nitrogens is 2. The second kappa shape index (κ2) is 11.0. The van der Waals surface area contributed by atoms with E-state index in [0.29, 0.717) is 55.0 Å². The molecule has 3 aliphatic rings. The highest BCUT2D eigenvalue weighted by Gasteiger charge is 2.44. The molecule has 1 spiro atoms. The fraction of sp³-hybridized carbons (Fsp3) is 0.406. The molecule has 212 valence electrons. The molecule has 2 amide bonds. The SMILES string of the molecule is CC1CC(=O)N(Cc2ccc(C3=NC4(CCNCC4)C(=O)N3)cc2Oc2ccc(-c3ccc(C(C)C)nn3)cc2)C1. The normalized spacial score (nSPS) is 20.0. The Hall–Kier alpha value is -4.11. The first-order chi connectivity index (χ1) is 19.8. The van der Waals surface area contributed by atoms with Gasteiger partial charge < -0.3 is 20.3 Å². The number of benzene rings is 2. The molecule has 41 heavy (non-hydrogen) atoms. The van der Waals surface area contributed by atoms with E-state index in [0.717, 1.165) is 47.7 Å². The Labute approximate surface area is 240 Å². The summed E-state index contributed by atoms with van der Waals surface area (Å²) in [6.45, 7) is 9.01. The van der Waals surface area contributed by atoms with Crippen molar-refractivity contribution in [3.8, 4) is 22.8 Å². The predicted molar refractivity (Wildman–Crippen MR) is 157 cm³/mol. The molecule has 3 aliphatic heterocycles. The van der Waals surface area contributed by atoms with Gasteiger partial charge in [0.2, 0.25) is 5.91 Å². The van der Waals surface area contributed by atoms with Crippen LogP contribution in [0.4, 0.5) is 0 Å². The number of amidine groups is 1. The van der Waals surface area contributed by atoms with Crippen LogP contribution in [0, 0.1) is 5.92 Å². The van der Waals surface area contributed by atoms with Crippen LogP contribution in [0.5, 0.6) is 11.5 Å². The predicted octanol–water partition coefficient (Wildman–Crippen LogP) is 4.43. The molecule has 2 fully saturated rings.